The van der Waals surface area contributed by atoms with Crippen LogP contribution >= 0.6 is 11.6 Å². The summed E-state index contributed by atoms with van der Waals surface area (Å²) in [4.78, 5) is 0. The molecule has 0 aliphatic heterocycles. The molecule has 2 atom stereocenters. The van der Waals surface area contributed by atoms with Gasteiger partial charge in [-0.3, -0.25) is 4.21 Å². The zero-order valence-corrected chi connectivity index (χ0v) is 12.1. The molecule has 2 rings (SSSR count). The fraction of sp³-hybridized carbons (Fsp3) is 0.364. The molecule has 0 aliphatic rings. The third-order valence-electron chi connectivity index (χ3n) is 2.64. The molecule has 0 radical (unpaired) electrons. The van der Waals surface area contributed by atoms with Crippen molar-refractivity contribution in [3.05, 3.63) is 23.2 Å². The summed E-state index contributed by atoms with van der Waals surface area (Å²) < 4.78 is 12.9. The lowest BCUT2D eigenvalue weighted by Gasteiger charge is -2.12. The van der Waals surface area contributed by atoms with Gasteiger partial charge in [0.25, 0.3) is 0 Å². The number of aromatic nitrogens is 4. The Balaban J connectivity index is 2.38. The van der Waals surface area contributed by atoms with Crippen LogP contribution in [-0.2, 0) is 10.8 Å². The van der Waals surface area contributed by atoms with E-state index in [0.29, 0.717) is 22.3 Å². The number of nitrogens with two attached hydrogens (primary N) is 1. The number of halogens is 1. The number of hydrogen-bond acceptors (Lipinski definition) is 5. The van der Waals surface area contributed by atoms with Gasteiger partial charge in [-0.2, -0.15) is 0 Å². The molecule has 0 amide bonds. The fourth-order valence-corrected chi connectivity index (χ4v) is 2.71. The Morgan fingerprint density at radius 2 is 2.26 bits per heavy atom. The van der Waals surface area contributed by atoms with Crippen molar-refractivity contribution in [3.63, 3.8) is 0 Å². The molecule has 1 aromatic carbocycles. The predicted octanol–water partition coefficient (Wildman–Crippen LogP) is 1.52. The Hall–Kier alpha value is -1.47. The van der Waals surface area contributed by atoms with Gasteiger partial charge in [0.1, 0.15) is 0 Å². The minimum atomic E-state index is -0.915. The van der Waals surface area contributed by atoms with E-state index < -0.39 is 10.8 Å². The molecule has 102 valence electrons. The normalized spacial score (nSPS) is 14.3. The Bertz CT molecular complexity index is 615. The summed E-state index contributed by atoms with van der Waals surface area (Å²) in [5.41, 5.74) is 7.03. The molecule has 1 heterocycles. The SMILES string of the molecule is CC(CS(C)=O)n1nnnc1-c1ccc(Cl)c(N)c1. The third kappa shape index (κ3) is 3.10. The highest BCUT2D eigenvalue weighted by Crippen LogP contribution is 2.26. The van der Waals surface area contributed by atoms with E-state index in [4.69, 9.17) is 17.3 Å². The molecular formula is C11H14ClN5OS. The second kappa shape index (κ2) is 5.66. The van der Waals surface area contributed by atoms with E-state index >= 15 is 0 Å². The molecule has 8 heteroatoms. The number of rotatable bonds is 4. The van der Waals surface area contributed by atoms with E-state index in [1.807, 2.05) is 6.92 Å². The Morgan fingerprint density at radius 3 is 2.89 bits per heavy atom. The van der Waals surface area contributed by atoms with Gasteiger partial charge in [0.2, 0.25) is 0 Å². The molecule has 1 aromatic heterocycles. The molecule has 0 saturated heterocycles. The molecule has 6 nitrogen and oxygen atoms in total. The van der Waals surface area contributed by atoms with Gasteiger partial charge in [-0.1, -0.05) is 11.6 Å². The van der Waals surface area contributed by atoms with Crippen LogP contribution in [-0.4, -0.2) is 36.4 Å². The van der Waals surface area contributed by atoms with Crippen molar-refractivity contribution in [2.75, 3.05) is 17.7 Å². The summed E-state index contributed by atoms with van der Waals surface area (Å²) in [5, 5.41) is 12.1. The Morgan fingerprint density at radius 1 is 1.53 bits per heavy atom. The number of nitrogens with zero attached hydrogens (tertiary/aromatic N) is 4. The molecule has 0 bridgehead atoms. The molecule has 0 aliphatic carbocycles. The maximum Gasteiger partial charge on any atom is 0.182 e. The molecule has 0 fully saturated rings. The van der Waals surface area contributed by atoms with Gasteiger partial charge >= 0.3 is 0 Å². The third-order valence-corrected chi connectivity index (χ3v) is 3.94. The van der Waals surface area contributed by atoms with Crippen LogP contribution < -0.4 is 5.73 Å². The first-order chi connectivity index (χ1) is 8.99. The molecule has 2 aromatic rings. The number of hydrogen-bond donors (Lipinski definition) is 1. The first kappa shape index (κ1) is 14.0. The van der Waals surface area contributed by atoms with E-state index in [1.165, 1.54) is 0 Å². The summed E-state index contributed by atoms with van der Waals surface area (Å²) in [7, 11) is -0.915. The van der Waals surface area contributed by atoms with Crippen molar-refractivity contribution in [2.24, 2.45) is 0 Å². The van der Waals surface area contributed by atoms with Gasteiger partial charge in [-0.15, -0.1) is 5.10 Å². The summed E-state index contributed by atoms with van der Waals surface area (Å²) in [6.07, 6.45) is 1.65. The van der Waals surface area contributed by atoms with Gasteiger partial charge in [-0.05, 0) is 35.5 Å². The van der Waals surface area contributed by atoms with Crippen LogP contribution in [0, 0.1) is 0 Å². The van der Waals surface area contributed by atoms with Gasteiger partial charge in [-0.25, -0.2) is 4.68 Å². The van der Waals surface area contributed by atoms with Crippen molar-refractivity contribution >= 4 is 28.1 Å². The van der Waals surface area contributed by atoms with Gasteiger partial charge < -0.3 is 5.73 Å². The van der Waals surface area contributed by atoms with Crippen LogP contribution in [0.2, 0.25) is 5.02 Å². The summed E-state index contributed by atoms with van der Waals surface area (Å²) in [6, 6.07) is 5.16. The summed E-state index contributed by atoms with van der Waals surface area (Å²) >= 11 is 5.89. The lowest BCUT2D eigenvalue weighted by atomic mass is 10.2. The molecule has 2 N–H and O–H groups in total. The summed E-state index contributed by atoms with van der Waals surface area (Å²) in [5.74, 6) is 1.07. The van der Waals surface area contributed by atoms with E-state index in [1.54, 1.807) is 29.1 Å². The monoisotopic (exact) mass is 299 g/mol. The van der Waals surface area contributed by atoms with E-state index in [0.717, 1.165) is 5.56 Å². The predicted molar refractivity (Wildman–Crippen MR) is 76.3 cm³/mol. The van der Waals surface area contributed by atoms with Crippen LogP contribution in [0.3, 0.4) is 0 Å². The highest BCUT2D eigenvalue weighted by atomic mass is 35.5. The minimum absolute atomic E-state index is 0.0623. The molecular weight excluding hydrogens is 286 g/mol. The maximum absolute atomic E-state index is 11.3. The van der Waals surface area contributed by atoms with E-state index in [-0.39, 0.29) is 6.04 Å². The zero-order valence-electron chi connectivity index (χ0n) is 10.6. The molecule has 2 unspecified atom stereocenters. The second-order valence-corrected chi connectivity index (χ2v) is 6.16. The average molecular weight is 300 g/mol. The van der Waals surface area contributed by atoms with Crippen molar-refractivity contribution in [1.29, 1.82) is 0 Å². The van der Waals surface area contributed by atoms with E-state index in [9.17, 15) is 4.21 Å². The summed E-state index contributed by atoms with van der Waals surface area (Å²) in [6.45, 7) is 1.92. The fourth-order valence-electron chi connectivity index (χ4n) is 1.77. The number of anilines is 1. The number of tetrazole rings is 1. The molecule has 19 heavy (non-hydrogen) atoms. The van der Waals surface area contributed by atoms with Crippen LogP contribution in [0.5, 0.6) is 0 Å². The maximum atomic E-state index is 11.3. The van der Waals surface area contributed by atoms with Crippen molar-refractivity contribution in [2.45, 2.75) is 13.0 Å². The molecule has 0 spiro atoms. The largest absolute Gasteiger partial charge is 0.398 e. The second-order valence-electron chi connectivity index (χ2n) is 4.27. The van der Waals surface area contributed by atoms with Crippen LogP contribution in [0.25, 0.3) is 11.4 Å². The Kier molecular flexibility index (Phi) is 4.16. The first-order valence-corrected chi connectivity index (χ1v) is 7.73. The Labute approximate surface area is 118 Å². The highest BCUT2D eigenvalue weighted by Gasteiger charge is 2.16. The average Bonchev–Trinajstić information content (AvgIpc) is 2.81. The number of nitrogen functional groups attached to an aromatic ring is 1. The lowest BCUT2D eigenvalue weighted by molar-refractivity contribution is 0.521. The highest BCUT2D eigenvalue weighted by molar-refractivity contribution is 7.84. The van der Waals surface area contributed by atoms with Crippen LogP contribution in [0.1, 0.15) is 13.0 Å². The number of benzene rings is 1. The van der Waals surface area contributed by atoms with Crippen LogP contribution in [0.15, 0.2) is 18.2 Å². The smallest absolute Gasteiger partial charge is 0.182 e. The lowest BCUT2D eigenvalue weighted by Crippen LogP contribution is -2.15. The van der Waals surface area contributed by atoms with Crippen molar-refractivity contribution in [1.82, 2.24) is 20.2 Å². The van der Waals surface area contributed by atoms with Gasteiger partial charge in [0.15, 0.2) is 5.82 Å². The molecule has 0 saturated carbocycles. The quantitative estimate of drug-likeness (QED) is 0.865. The van der Waals surface area contributed by atoms with Crippen molar-refractivity contribution in [3.8, 4) is 11.4 Å². The topological polar surface area (TPSA) is 86.7 Å². The van der Waals surface area contributed by atoms with Gasteiger partial charge in [0, 0.05) is 28.4 Å². The van der Waals surface area contributed by atoms with E-state index in [2.05, 4.69) is 15.5 Å². The van der Waals surface area contributed by atoms with Crippen LogP contribution in [0.4, 0.5) is 5.69 Å². The minimum Gasteiger partial charge on any atom is -0.398 e. The van der Waals surface area contributed by atoms with Crippen molar-refractivity contribution < 1.29 is 4.21 Å². The van der Waals surface area contributed by atoms with Gasteiger partial charge in [0.05, 0.1) is 16.8 Å². The first-order valence-electron chi connectivity index (χ1n) is 5.62. The zero-order chi connectivity index (χ0) is 14.0. The standard InChI is InChI=1S/C11H14ClN5OS/c1-7(6-19(2)18)17-11(14-15-16-17)8-3-4-9(12)10(13)5-8/h3-5,7H,6,13H2,1-2H3.